The van der Waals surface area contributed by atoms with Crippen LogP contribution in [0.1, 0.15) is 25.5 Å². The van der Waals surface area contributed by atoms with Crippen LogP contribution in [0.25, 0.3) is 11.1 Å². The van der Waals surface area contributed by atoms with Crippen molar-refractivity contribution >= 4 is 0 Å². The standard InChI is InChI=1S/C18H20N2/c1-14(12-19)13-20-15(2)16-8-10-18(11-9-16)17-6-4-3-5-7-17/h3-11,14-15,20H,13H2,1-2H3. The Balaban J connectivity index is 2.03. The van der Waals surface area contributed by atoms with Gasteiger partial charge < -0.3 is 5.32 Å². The third-order valence-corrected chi connectivity index (χ3v) is 3.47. The Labute approximate surface area is 121 Å². The van der Waals surface area contributed by atoms with Crippen molar-refractivity contribution in [3.8, 4) is 17.2 Å². The second-order valence-electron chi connectivity index (χ2n) is 5.15. The van der Waals surface area contributed by atoms with Gasteiger partial charge in [0.15, 0.2) is 0 Å². The lowest BCUT2D eigenvalue weighted by molar-refractivity contribution is 0.528. The molecular weight excluding hydrogens is 244 g/mol. The summed E-state index contributed by atoms with van der Waals surface area (Å²) in [7, 11) is 0. The van der Waals surface area contributed by atoms with Gasteiger partial charge in [-0.1, -0.05) is 54.6 Å². The Hall–Kier alpha value is -2.11. The monoisotopic (exact) mass is 264 g/mol. The average molecular weight is 264 g/mol. The number of hydrogen-bond donors (Lipinski definition) is 1. The van der Waals surface area contributed by atoms with Crippen molar-refractivity contribution in [1.82, 2.24) is 5.32 Å². The Morgan fingerprint density at radius 2 is 1.55 bits per heavy atom. The first-order valence-corrected chi connectivity index (χ1v) is 6.99. The van der Waals surface area contributed by atoms with Crippen LogP contribution in [0.5, 0.6) is 0 Å². The van der Waals surface area contributed by atoms with E-state index in [1.807, 2.05) is 13.0 Å². The lowest BCUT2D eigenvalue weighted by Crippen LogP contribution is -2.23. The molecule has 2 heteroatoms. The van der Waals surface area contributed by atoms with Gasteiger partial charge in [-0.3, -0.25) is 0 Å². The number of nitrogens with zero attached hydrogens (tertiary/aromatic N) is 1. The zero-order valence-corrected chi connectivity index (χ0v) is 12.0. The molecule has 0 aliphatic rings. The van der Waals surface area contributed by atoms with Crippen LogP contribution >= 0.6 is 0 Å². The van der Waals surface area contributed by atoms with E-state index >= 15 is 0 Å². The molecule has 0 aliphatic carbocycles. The highest BCUT2D eigenvalue weighted by Crippen LogP contribution is 2.21. The molecule has 0 fully saturated rings. The fraction of sp³-hybridized carbons (Fsp3) is 0.278. The Morgan fingerprint density at radius 1 is 0.950 bits per heavy atom. The number of hydrogen-bond acceptors (Lipinski definition) is 2. The summed E-state index contributed by atoms with van der Waals surface area (Å²) >= 11 is 0. The van der Waals surface area contributed by atoms with Crippen LogP contribution in [0.15, 0.2) is 54.6 Å². The summed E-state index contributed by atoms with van der Waals surface area (Å²) < 4.78 is 0. The number of benzene rings is 2. The second-order valence-corrected chi connectivity index (χ2v) is 5.15. The van der Waals surface area contributed by atoms with Crippen molar-refractivity contribution < 1.29 is 0 Å². The van der Waals surface area contributed by atoms with Gasteiger partial charge in [-0.2, -0.15) is 5.26 Å². The minimum absolute atomic E-state index is 0.0426. The van der Waals surface area contributed by atoms with E-state index in [4.69, 9.17) is 5.26 Å². The first-order chi connectivity index (χ1) is 9.70. The third kappa shape index (κ3) is 3.69. The zero-order valence-electron chi connectivity index (χ0n) is 12.0. The molecule has 0 heterocycles. The van der Waals surface area contributed by atoms with Crippen LogP contribution in [0, 0.1) is 17.2 Å². The Morgan fingerprint density at radius 3 is 2.15 bits per heavy atom. The van der Waals surface area contributed by atoms with Crippen LogP contribution in [-0.2, 0) is 0 Å². The molecule has 2 aromatic rings. The Kier molecular flexibility index (Phi) is 4.92. The van der Waals surface area contributed by atoms with E-state index in [9.17, 15) is 0 Å². The van der Waals surface area contributed by atoms with E-state index in [1.165, 1.54) is 16.7 Å². The summed E-state index contributed by atoms with van der Waals surface area (Å²) in [5.74, 6) is 0.0426. The van der Waals surface area contributed by atoms with Crippen molar-refractivity contribution in [1.29, 1.82) is 5.26 Å². The first-order valence-electron chi connectivity index (χ1n) is 6.99. The van der Waals surface area contributed by atoms with Crippen LogP contribution < -0.4 is 5.32 Å². The lowest BCUT2D eigenvalue weighted by atomic mass is 10.0. The van der Waals surface area contributed by atoms with E-state index in [-0.39, 0.29) is 12.0 Å². The van der Waals surface area contributed by atoms with Gasteiger partial charge in [0.25, 0.3) is 0 Å². The molecule has 2 nitrogen and oxygen atoms in total. The quantitative estimate of drug-likeness (QED) is 0.880. The molecule has 20 heavy (non-hydrogen) atoms. The SMILES string of the molecule is CC(C#N)CNC(C)c1ccc(-c2ccccc2)cc1. The van der Waals surface area contributed by atoms with Crippen molar-refractivity contribution in [2.75, 3.05) is 6.54 Å². The summed E-state index contributed by atoms with van der Waals surface area (Å²) in [6, 6.07) is 21.5. The van der Waals surface area contributed by atoms with Crippen molar-refractivity contribution in [3.05, 3.63) is 60.2 Å². The molecule has 0 spiro atoms. The van der Waals surface area contributed by atoms with Gasteiger partial charge in [0.05, 0.1) is 12.0 Å². The van der Waals surface area contributed by atoms with Gasteiger partial charge in [-0.25, -0.2) is 0 Å². The molecule has 0 aromatic heterocycles. The van der Waals surface area contributed by atoms with E-state index < -0.39 is 0 Å². The highest BCUT2D eigenvalue weighted by molar-refractivity contribution is 5.63. The summed E-state index contributed by atoms with van der Waals surface area (Å²) in [6.45, 7) is 4.78. The van der Waals surface area contributed by atoms with Gasteiger partial charge in [-0.15, -0.1) is 0 Å². The number of nitrogens with one attached hydrogen (secondary N) is 1. The topological polar surface area (TPSA) is 35.8 Å². The summed E-state index contributed by atoms with van der Waals surface area (Å²) in [5.41, 5.74) is 3.71. The summed E-state index contributed by atoms with van der Waals surface area (Å²) in [6.07, 6.45) is 0. The van der Waals surface area contributed by atoms with Gasteiger partial charge in [0.2, 0.25) is 0 Å². The van der Waals surface area contributed by atoms with Crippen molar-refractivity contribution in [2.24, 2.45) is 5.92 Å². The highest BCUT2D eigenvalue weighted by Gasteiger charge is 2.07. The molecule has 2 rings (SSSR count). The third-order valence-electron chi connectivity index (χ3n) is 3.47. The maximum atomic E-state index is 8.79. The molecule has 2 aromatic carbocycles. The molecule has 0 amide bonds. The van der Waals surface area contributed by atoms with E-state index in [0.717, 1.165) is 6.54 Å². The maximum absolute atomic E-state index is 8.79. The molecule has 1 N–H and O–H groups in total. The van der Waals surface area contributed by atoms with Gasteiger partial charge in [0.1, 0.15) is 0 Å². The summed E-state index contributed by atoms with van der Waals surface area (Å²) in [5, 5.41) is 12.2. The summed E-state index contributed by atoms with van der Waals surface area (Å²) in [4.78, 5) is 0. The smallest absolute Gasteiger partial charge is 0.0666 e. The zero-order chi connectivity index (χ0) is 14.4. The van der Waals surface area contributed by atoms with Crippen LogP contribution in [0.3, 0.4) is 0 Å². The van der Waals surface area contributed by atoms with Crippen LogP contribution in [0.2, 0.25) is 0 Å². The molecule has 0 radical (unpaired) electrons. The molecule has 0 bridgehead atoms. The highest BCUT2D eigenvalue weighted by atomic mass is 14.9. The predicted molar refractivity (Wildman–Crippen MR) is 83.1 cm³/mol. The van der Waals surface area contributed by atoms with Crippen LogP contribution in [0.4, 0.5) is 0 Å². The maximum Gasteiger partial charge on any atom is 0.0666 e. The Bertz CT molecular complexity index is 567. The molecule has 0 aliphatic heterocycles. The molecule has 102 valence electrons. The minimum Gasteiger partial charge on any atom is -0.309 e. The largest absolute Gasteiger partial charge is 0.309 e. The normalized spacial score (nSPS) is 13.4. The van der Waals surface area contributed by atoms with Crippen molar-refractivity contribution in [3.63, 3.8) is 0 Å². The molecule has 2 unspecified atom stereocenters. The first kappa shape index (κ1) is 14.3. The van der Waals surface area contributed by atoms with E-state index in [2.05, 4.69) is 66.8 Å². The lowest BCUT2D eigenvalue weighted by Gasteiger charge is -2.15. The van der Waals surface area contributed by atoms with E-state index in [0.29, 0.717) is 0 Å². The van der Waals surface area contributed by atoms with E-state index in [1.54, 1.807) is 0 Å². The minimum atomic E-state index is 0.0426. The second kappa shape index (κ2) is 6.88. The number of rotatable bonds is 5. The molecule has 0 saturated heterocycles. The van der Waals surface area contributed by atoms with Gasteiger partial charge in [-0.05, 0) is 30.5 Å². The fourth-order valence-corrected chi connectivity index (χ4v) is 2.11. The molecule has 2 atom stereocenters. The number of nitriles is 1. The predicted octanol–water partition coefficient (Wildman–Crippen LogP) is 4.16. The van der Waals surface area contributed by atoms with Gasteiger partial charge >= 0.3 is 0 Å². The fourth-order valence-electron chi connectivity index (χ4n) is 2.11. The van der Waals surface area contributed by atoms with Crippen LogP contribution in [-0.4, -0.2) is 6.54 Å². The van der Waals surface area contributed by atoms with Gasteiger partial charge in [0, 0.05) is 12.6 Å². The molecule has 0 saturated carbocycles. The molecular formula is C18H20N2. The average Bonchev–Trinajstić information content (AvgIpc) is 2.53. The van der Waals surface area contributed by atoms with Crippen molar-refractivity contribution in [2.45, 2.75) is 19.9 Å².